The number of hydrogen-bond acceptors (Lipinski definition) is 4. The molecule has 17 heavy (non-hydrogen) atoms. The number of aromatic nitrogens is 3. The lowest BCUT2D eigenvalue weighted by Crippen LogP contribution is -2.32. The summed E-state index contributed by atoms with van der Waals surface area (Å²) in [5.41, 5.74) is 0. The SMILES string of the molecule is CC(C)Cn1ncnc1CNC1CCN(C)C1. The van der Waals surface area contributed by atoms with Crippen LogP contribution in [0.5, 0.6) is 0 Å². The molecule has 96 valence electrons. The van der Waals surface area contributed by atoms with Gasteiger partial charge < -0.3 is 10.2 Å². The van der Waals surface area contributed by atoms with Gasteiger partial charge in [-0.3, -0.25) is 0 Å². The van der Waals surface area contributed by atoms with Crippen LogP contribution in [0.4, 0.5) is 0 Å². The molecule has 1 atom stereocenters. The van der Waals surface area contributed by atoms with Crippen LogP contribution >= 0.6 is 0 Å². The Hall–Kier alpha value is -0.940. The van der Waals surface area contributed by atoms with E-state index >= 15 is 0 Å². The van der Waals surface area contributed by atoms with Gasteiger partial charge in [0.15, 0.2) is 0 Å². The highest BCUT2D eigenvalue weighted by atomic mass is 15.3. The van der Waals surface area contributed by atoms with Crippen LogP contribution in [0, 0.1) is 5.92 Å². The summed E-state index contributed by atoms with van der Waals surface area (Å²) in [7, 11) is 2.17. The summed E-state index contributed by atoms with van der Waals surface area (Å²) in [6.07, 6.45) is 2.88. The van der Waals surface area contributed by atoms with Gasteiger partial charge in [-0.2, -0.15) is 5.10 Å². The Morgan fingerprint density at radius 1 is 1.53 bits per heavy atom. The zero-order valence-electron chi connectivity index (χ0n) is 11.1. The molecule has 0 aliphatic carbocycles. The minimum absolute atomic E-state index is 0.601. The fraction of sp³-hybridized carbons (Fsp3) is 0.833. The molecule has 0 radical (unpaired) electrons. The Labute approximate surface area is 103 Å². The molecule has 1 fully saturated rings. The van der Waals surface area contributed by atoms with Gasteiger partial charge in [-0.15, -0.1) is 0 Å². The molecule has 1 unspecified atom stereocenters. The fourth-order valence-electron chi connectivity index (χ4n) is 2.26. The summed E-state index contributed by atoms with van der Waals surface area (Å²) in [6, 6.07) is 0.601. The molecular formula is C12H23N5. The van der Waals surface area contributed by atoms with E-state index in [2.05, 4.69) is 41.2 Å². The maximum atomic E-state index is 4.32. The fourth-order valence-corrected chi connectivity index (χ4v) is 2.26. The summed E-state index contributed by atoms with van der Waals surface area (Å²) in [6.45, 7) is 8.50. The molecule has 5 nitrogen and oxygen atoms in total. The smallest absolute Gasteiger partial charge is 0.140 e. The lowest BCUT2D eigenvalue weighted by molar-refractivity contribution is 0.392. The van der Waals surface area contributed by atoms with Gasteiger partial charge in [0.2, 0.25) is 0 Å². The van der Waals surface area contributed by atoms with Gasteiger partial charge in [-0.05, 0) is 25.9 Å². The molecule has 1 N–H and O–H groups in total. The second-order valence-corrected chi connectivity index (χ2v) is 5.38. The largest absolute Gasteiger partial charge is 0.306 e. The molecule has 2 heterocycles. The number of rotatable bonds is 5. The predicted octanol–water partition coefficient (Wildman–Crippen LogP) is 0.728. The van der Waals surface area contributed by atoms with Crippen molar-refractivity contribution in [2.45, 2.75) is 39.4 Å². The Bertz CT molecular complexity index is 346. The van der Waals surface area contributed by atoms with Crippen LogP contribution in [0.1, 0.15) is 26.1 Å². The van der Waals surface area contributed by atoms with Crippen LogP contribution in [0.15, 0.2) is 6.33 Å². The van der Waals surface area contributed by atoms with E-state index in [-0.39, 0.29) is 0 Å². The molecule has 1 aliphatic heterocycles. The van der Waals surface area contributed by atoms with Crippen molar-refractivity contribution in [1.82, 2.24) is 25.0 Å². The quantitative estimate of drug-likeness (QED) is 0.820. The number of likely N-dealkylation sites (N-methyl/N-ethyl adjacent to an activating group) is 1. The Kier molecular flexibility index (Phi) is 4.12. The summed E-state index contributed by atoms with van der Waals surface area (Å²) in [5.74, 6) is 1.65. The molecule has 1 aromatic heterocycles. The second kappa shape index (κ2) is 5.60. The molecule has 0 spiro atoms. The molecule has 1 saturated heterocycles. The summed E-state index contributed by atoms with van der Waals surface area (Å²) in [5, 5.41) is 7.83. The first-order chi connectivity index (χ1) is 8.15. The molecule has 0 bridgehead atoms. The van der Waals surface area contributed by atoms with Gasteiger partial charge in [0, 0.05) is 19.1 Å². The van der Waals surface area contributed by atoms with Crippen molar-refractivity contribution in [3.63, 3.8) is 0 Å². The number of likely N-dealkylation sites (tertiary alicyclic amines) is 1. The van der Waals surface area contributed by atoms with E-state index in [1.165, 1.54) is 13.0 Å². The van der Waals surface area contributed by atoms with Crippen LogP contribution in [0.2, 0.25) is 0 Å². The van der Waals surface area contributed by atoms with Crippen LogP contribution in [0.25, 0.3) is 0 Å². The Morgan fingerprint density at radius 2 is 2.35 bits per heavy atom. The molecule has 2 rings (SSSR count). The zero-order valence-corrected chi connectivity index (χ0v) is 11.1. The van der Waals surface area contributed by atoms with Crippen LogP contribution in [-0.2, 0) is 13.1 Å². The van der Waals surface area contributed by atoms with Gasteiger partial charge in [-0.1, -0.05) is 13.8 Å². The molecular weight excluding hydrogens is 214 g/mol. The normalized spacial score (nSPS) is 21.5. The van der Waals surface area contributed by atoms with E-state index in [1.807, 2.05) is 4.68 Å². The van der Waals surface area contributed by atoms with Crippen molar-refractivity contribution in [3.05, 3.63) is 12.2 Å². The molecule has 0 amide bonds. The number of nitrogens with zero attached hydrogens (tertiary/aromatic N) is 4. The van der Waals surface area contributed by atoms with Crippen molar-refractivity contribution in [2.24, 2.45) is 5.92 Å². The maximum absolute atomic E-state index is 4.32. The van der Waals surface area contributed by atoms with Crippen LogP contribution in [-0.4, -0.2) is 45.8 Å². The van der Waals surface area contributed by atoms with Gasteiger partial charge in [0.1, 0.15) is 12.2 Å². The first-order valence-corrected chi connectivity index (χ1v) is 6.43. The van der Waals surface area contributed by atoms with Crippen molar-refractivity contribution >= 4 is 0 Å². The first kappa shape index (κ1) is 12.5. The van der Waals surface area contributed by atoms with Crippen molar-refractivity contribution < 1.29 is 0 Å². The van der Waals surface area contributed by atoms with E-state index in [9.17, 15) is 0 Å². The lowest BCUT2D eigenvalue weighted by atomic mass is 10.2. The highest BCUT2D eigenvalue weighted by molar-refractivity contribution is 4.87. The zero-order chi connectivity index (χ0) is 12.3. The van der Waals surface area contributed by atoms with Crippen molar-refractivity contribution in [2.75, 3.05) is 20.1 Å². The molecule has 1 aromatic rings. The molecule has 1 aliphatic rings. The van der Waals surface area contributed by atoms with E-state index in [0.717, 1.165) is 25.5 Å². The van der Waals surface area contributed by atoms with Crippen LogP contribution < -0.4 is 5.32 Å². The van der Waals surface area contributed by atoms with Gasteiger partial charge in [-0.25, -0.2) is 9.67 Å². The number of nitrogens with one attached hydrogen (secondary N) is 1. The van der Waals surface area contributed by atoms with E-state index in [4.69, 9.17) is 0 Å². The topological polar surface area (TPSA) is 46.0 Å². The van der Waals surface area contributed by atoms with E-state index in [1.54, 1.807) is 6.33 Å². The highest BCUT2D eigenvalue weighted by Crippen LogP contribution is 2.07. The molecule has 0 aromatic carbocycles. The van der Waals surface area contributed by atoms with E-state index < -0.39 is 0 Å². The maximum Gasteiger partial charge on any atom is 0.140 e. The van der Waals surface area contributed by atoms with Crippen molar-refractivity contribution in [3.8, 4) is 0 Å². The average Bonchev–Trinajstić information content (AvgIpc) is 2.84. The molecule has 0 saturated carbocycles. The third-order valence-corrected chi connectivity index (χ3v) is 3.17. The second-order valence-electron chi connectivity index (χ2n) is 5.38. The van der Waals surface area contributed by atoms with Gasteiger partial charge in [0.25, 0.3) is 0 Å². The number of hydrogen-bond donors (Lipinski definition) is 1. The standard InChI is InChI=1S/C12H23N5/c1-10(2)7-17-12(14-9-15-17)6-13-11-4-5-16(3)8-11/h9-11,13H,4-8H2,1-3H3. The monoisotopic (exact) mass is 237 g/mol. The third kappa shape index (κ3) is 3.51. The lowest BCUT2D eigenvalue weighted by Gasteiger charge is -2.13. The molecule has 5 heteroatoms. The third-order valence-electron chi connectivity index (χ3n) is 3.17. The summed E-state index contributed by atoms with van der Waals surface area (Å²) >= 11 is 0. The first-order valence-electron chi connectivity index (χ1n) is 6.43. The van der Waals surface area contributed by atoms with Crippen LogP contribution in [0.3, 0.4) is 0 Å². The average molecular weight is 237 g/mol. The van der Waals surface area contributed by atoms with Gasteiger partial charge in [0.05, 0.1) is 6.54 Å². The Morgan fingerprint density at radius 3 is 3.00 bits per heavy atom. The minimum Gasteiger partial charge on any atom is -0.306 e. The van der Waals surface area contributed by atoms with E-state index in [0.29, 0.717) is 12.0 Å². The van der Waals surface area contributed by atoms with Gasteiger partial charge >= 0.3 is 0 Å². The highest BCUT2D eigenvalue weighted by Gasteiger charge is 2.19. The predicted molar refractivity (Wildman–Crippen MR) is 67.6 cm³/mol. The minimum atomic E-state index is 0.601. The summed E-state index contributed by atoms with van der Waals surface area (Å²) < 4.78 is 2.01. The Balaban J connectivity index is 1.84. The van der Waals surface area contributed by atoms with Crippen molar-refractivity contribution in [1.29, 1.82) is 0 Å². The summed E-state index contributed by atoms with van der Waals surface area (Å²) in [4.78, 5) is 6.68.